The first-order valence-electron chi connectivity index (χ1n) is 8.14. The molecule has 1 amide bonds. The van der Waals surface area contributed by atoms with Crippen molar-refractivity contribution in [2.24, 2.45) is 0 Å². The van der Waals surface area contributed by atoms with Crippen LogP contribution in [0.4, 0.5) is 0 Å². The van der Waals surface area contributed by atoms with Crippen LogP contribution in [0, 0.1) is 0 Å². The Balaban J connectivity index is 1.59. The maximum absolute atomic E-state index is 12.2. The molecule has 2 aromatic carbocycles. The number of methoxy groups -OCH3 is 2. The zero-order valence-electron chi connectivity index (χ0n) is 14.9. The molecule has 3 rings (SSSR count). The maximum atomic E-state index is 12.2. The quantitative estimate of drug-likeness (QED) is 0.819. The Morgan fingerprint density at radius 3 is 2.62 bits per heavy atom. The lowest BCUT2D eigenvalue weighted by Gasteiger charge is -2.18. The third-order valence-electron chi connectivity index (χ3n) is 3.99. The summed E-state index contributed by atoms with van der Waals surface area (Å²) in [5.74, 6) is 2.93. The summed E-state index contributed by atoms with van der Waals surface area (Å²) in [5.41, 5.74) is 0.822. The number of amides is 1. The van der Waals surface area contributed by atoms with Gasteiger partial charge in [0, 0.05) is 11.6 Å². The van der Waals surface area contributed by atoms with Crippen LogP contribution in [-0.4, -0.2) is 33.5 Å². The fourth-order valence-corrected chi connectivity index (χ4v) is 2.65. The molecule has 1 aliphatic heterocycles. The van der Waals surface area contributed by atoms with Crippen LogP contribution in [0.15, 0.2) is 36.4 Å². The average Bonchev–Trinajstić information content (AvgIpc) is 3.13. The number of hydrogen-bond acceptors (Lipinski definition) is 6. The first kappa shape index (κ1) is 17.7. The SMILES string of the molecule is COc1ccc(OC)c(C(C)NC(=O)COc2ccc3c(c2)OCO3)c1. The highest BCUT2D eigenvalue weighted by Crippen LogP contribution is 2.35. The first-order valence-corrected chi connectivity index (χ1v) is 8.14. The molecule has 2 aromatic rings. The molecule has 0 saturated carbocycles. The van der Waals surface area contributed by atoms with Gasteiger partial charge in [0.25, 0.3) is 5.91 Å². The molecule has 0 spiro atoms. The van der Waals surface area contributed by atoms with E-state index in [1.54, 1.807) is 44.6 Å². The highest BCUT2D eigenvalue weighted by atomic mass is 16.7. The number of ether oxygens (including phenoxy) is 5. The van der Waals surface area contributed by atoms with Gasteiger partial charge in [-0.15, -0.1) is 0 Å². The van der Waals surface area contributed by atoms with Gasteiger partial charge in [-0.2, -0.15) is 0 Å². The highest BCUT2D eigenvalue weighted by Gasteiger charge is 2.17. The molecule has 1 atom stereocenters. The largest absolute Gasteiger partial charge is 0.497 e. The standard InChI is InChI=1S/C19H21NO6/c1-12(15-8-13(22-2)4-6-16(15)23-3)20-19(21)10-24-14-5-7-17-18(9-14)26-11-25-17/h4-9,12H,10-11H2,1-3H3,(H,20,21). The van der Waals surface area contributed by atoms with Crippen molar-refractivity contribution in [1.29, 1.82) is 0 Å². The van der Waals surface area contributed by atoms with Gasteiger partial charge in [0.2, 0.25) is 6.79 Å². The van der Waals surface area contributed by atoms with E-state index in [9.17, 15) is 4.79 Å². The lowest BCUT2D eigenvalue weighted by molar-refractivity contribution is -0.123. The number of fused-ring (bicyclic) bond motifs is 1. The Kier molecular flexibility index (Phi) is 5.36. The van der Waals surface area contributed by atoms with Gasteiger partial charge in [0.15, 0.2) is 18.1 Å². The third-order valence-corrected chi connectivity index (χ3v) is 3.99. The lowest BCUT2D eigenvalue weighted by atomic mass is 10.1. The van der Waals surface area contributed by atoms with Gasteiger partial charge in [-0.3, -0.25) is 4.79 Å². The third kappa shape index (κ3) is 3.93. The van der Waals surface area contributed by atoms with E-state index in [2.05, 4.69) is 5.32 Å². The number of rotatable bonds is 7. The fourth-order valence-electron chi connectivity index (χ4n) is 2.65. The Bertz CT molecular complexity index is 792. The number of nitrogens with one attached hydrogen (secondary N) is 1. The van der Waals surface area contributed by atoms with Gasteiger partial charge in [-0.1, -0.05) is 0 Å². The van der Waals surface area contributed by atoms with Gasteiger partial charge in [0.1, 0.15) is 17.2 Å². The summed E-state index contributed by atoms with van der Waals surface area (Å²) in [6.07, 6.45) is 0. The monoisotopic (exact) mass is 359 g/mol. The van der Waals surface area contributed by atoms with Crippen LogP contribution < -0.4 is 29.0 Å². The molecule has 0 aromatic heterocycles. The van der Waals surface area contributed by atoms with Gasteiger partial charge in [0.05, 0.1) is 20.3 Å². The van der Waals surface area contributed by atoms with Gasteiger partial charge in [-0.25, -0.2) is 0 Å². The normalized spacial score (nSPS) is 13.0. The first-order chi connectivity index (χ1) is 12.6. The van der Waals surface area contributed by atoms with Gasteiger partial charge < -0.3 is 29.0 Å². The van der Waals surface area contributed by atoms with E-state index in [1.807, 2.05) is 13.0 Å². The number of benzene rings is 2. The number of carbonyl (C=O) groups is 1. The summed E-state index contributed by atoms with van der Waals surface area (Å²) < 4.78 is 26.6. The fraction of sp³-hybridized carbons (Fsp3) is 0.316. The Morgan fingerprint density at radius 2 is 1.85 bits per heavy atom. The van der Waals surface area contributed by atoms with Crippen molar-refractivity contribution in [3.05, 3.63) is 42.0 Å². The minimum atomic E-state index is -0.270. The summed E-state index contributed by atoms with van der Waals surface area (Å²) >= 11 is 0. The average molecular weight is 359 g/mol. The van der Waals surface area contributed by atoms with Crippen molar-refractivity contribution in [3.63, 3.8) is 0 Å². The van der Waals surface area contributed by atoms with E-state index in [0.717, 1.165) is 5.56 Å². The highest BCUT2D eigenvalue weighted by molar-refractivity contribution is 5.78. The molecular weight excluding hydrogens is 338 g/mol. The second kappa shape index (κ2) is 7.86. The smallest absolute Gasteiger partial charge is 0.258 e. The number of carbonyl (C=O) groups excluding carboxylic acids is 1. The van der Waals surface area contributed by atoms with Crippen molar-refractivity contribution in [1.82, 2.24) is 5.32 Å². The van der Waals surface area contributed by atoms with Crippen LogP contribution in [-0.2, 0) is 4.79 Å². The van der Waals surface area contributed by atoms with Crippen molar-refractivity contribution in [2.75, 3.05) is 27.6 Å². The molecule has 7 nitrogen and oxygen atoms in total. The molecule has 1 N–H and O–H groups in total. The van der Waals surface area contributed by atoms with Crippen LogP contribution in [0.5, 0.6) is 28.7 Å². The summed E-state index contributed by atoms with van der Waals surface area (Å²) in [6, 6.07) is 10.4. The second-order valence-corrected chi connectivity index (χ2v) is 5.70. The summed E-state index contributed by atoms with van der Waals surface area (Å²) in [5, 5.41) is 2.89. The molecule has 7 heteroatoms. The predicted octanol–water partition coefficient (Wildman–Crippen LogP) is 2.69. The van der Waals surface area contributed by atoms with Crippen LogP contribution in [0.3, 0.4) is 0 Å². The lowest BCUT2D eigenvalue weighted by Crippen LogP contribution is -2.31. The molecule has 1 aliphatic rings. The molecule has 138 valence electrons. The summed E-state index contributed by atoms with van der Waals surface area (Å²) in [7, 11) is 3.18. The van der Waals surface area contributed by atoms with E-state index in [1.165, 1.54) is 0 Å². The summed E-state index contributed by atoms with van der Waals surface area (Å²) in [6.45, 7) is 1.95. The maximum Gasteiger partial charge on any atom is 0.258 e. The van der Waals surface area contributed by atoms with Gasteiger partial charge in [-0.05, 0) is 37.3 Å². The van der Waals surface area contributed by atoms with Crippen molar-refractivity contribution >= 4 is 5.91 Å². The van der Waals surface area contributed by atoms with Crippen LogP contribution >= 0.6 is 0 Å². The molecule has 0 fully saturated rings. The minimum Gasteiger partial charge on any atom is -0.497 e. The van der Waals surface area contributed by atoms with Crippen molar-refractivity contribution < 1.29 is 28.5 Å². The molecule has 0 saturated heterocycles. The van der Waals surface area contributed by atoms with E-state index >= 15 is 0 Å². The molecule has 0 bridgehead atoms. The summed E-state index contributed by atoms with van der Waals surface area (Å²) in [4.78, 5) is 12.2. The zero-order chi connectivity index (χ0) is 18.5. The number of hydrogen-bond donors (Lipinski definition) is 1. The molecular formula is C19H21NO6. The van der Waals surface area contributed by atoms with E-state index in [4.69, 9.17) is 23.7 Å². The second-order valence-electron chi connectivity index (χ2n) is 5.70. The van der Waals surface area contributed by atoms with E-state index < -0.39 is 0 Å². The van der Waals surface area contributed by atoms with Crippen molar-refractivity contribution in [2.45, 2.75) is 13.0 Å². The van der Waals surface area contributed by atoms with E-state index in [-0.39, 0.29) is 25.3 Å². The minimum absolute atomic E-state index is 0.115. The predicted molar refractivity (Wildman–Crippen MR) is 94.2 cm³/mol. The molecule has 0 radical (unpaired) electrons. The molecule has 1 unspecified atom stereocenters. The van der Waals surface area contributed by atoms with E-state index in [0.29, 0.717) is 28.7 Å². The molecule has 26 heavy (non-hydrogen) atoms. The van der Waals surface area contributed by atoms with Crippen LogP contribution in [0.25, 0.3) is 0 Å². The Hall–Kier alpha value is -3.09. The zero-order valence-corrected chi connectivity index (χ0v) is 14.9. The Morgan fingerprint density at radius 1 is 1.08 bits per heavy atom. The van der Waals surface area contributed by atoms with Crippen LogP contribution in [0.1, 0.15) is 18.5 Å². The van der Waals surface area contributed by atoms with Gasteiger partial charge >= 0.3 is 0 Å². The topological polar surface area (TPSA) is 75.3 Å². The van der Waals surface area contributed by atoms with Crippen molar-refractivity contribution in [3.8, 4) is 28.7 Å². The van der Waals surface area contributed by atoms with Crippen LogP contribution in [0.2, 0.25) is 0 Å². The Labute approximate surface area is 151 Å². The molecule has 0 aliphatic carbocycles. The molecule has 1 heterocycles.